The Kier molecular flexibility index (Phi) is 4.96. The molecular formula is C14H19NO3S. The lowest BCUT2D eigenvalue weighted by Gasteiger charge is -2.30. The fraction of sp³-hybridized carbons (Fsp3) is 0.571. The van der Waals surface area contributed by atoms with Crippen LogP contribution in [-0.4, -0.2) is 36.5 Å². The molecule has 2 heterocycles. The average molecular weight is 281 g/mol. The second-order valence-corrected chi connectivity index (χ2v) is 5.50. The maximum absolute atomic E-state index is 12.1. The summed E-state index contributed by atoms with van der Waals surface area (Å²) in [5, 5.41) is 3.98. The fourth-order valence-corrected chi connectivity index (χ4v) is 2.97. The quantitative estimate of drug-likeness (QED) is 0.794. The van der Waals surface area contributed by atoms with Crippen LogP contribution in [0.1, 0.15) is 25.3 Å². The van der Waals surface area contributed by atoms with Crippen molar-refractivity contribution in [3.05, 3.63) is 22.4 Å². The largest absolute Gasteiger partial charge is 0.466 e. The van der Waals surface area contributed by atoms with Crippen molar-refractivity contribution in [2.75, 3.05) is 19.7 Å². The second-order valence-electron chi connectivity index (χ2n) is 4.72. The minimum atomic E-state index is -0.118. The standard InChI is InChI=1S/C14H19NO3S/c1-2-18-14(17)12-3-6-15(7-4-12)13(16)9-11-5-8-19-10-11/h5,8,10,12H,2-4,6-7,9H2,1H3. The maximum Gasteiger partial charge on any atom is 0.309 e. The molecular weight excluding hydrogens is 262 g/mol. The lowest BCUT2D eigenvalue weighted by molar-refractivity contribution is -0.151. The molecule has 0 aliphatic carbocycles. The van der Waals surface area contributed by atoms with Crippen LogP contribution >= 0.6 is 11.3 Å². The third-order valence-corrected chi connectivity index (χ3v) is 4.14. The Hall–Kier alpha value is -1.36. The molecule has 0 bridgehead atoms. The molecule has 19 heavy (non-hydrogen) atoms. The molecule has 4 nitrogen and oxygen atoms in total. The van der Waals surface area contributed by atoms with Gasteiger partial charge in [-0.25, -0.2) is 0 Å². The van der Waals surface area contributed by atoms with Crippen molar-refractivity contribution in [1.29, 1.82) is 0 Å². The number of piperidine rings is 1. The normalized spacial score (nSPS) is 16.4. The average Bonchev–Trinajstić information content (AvgIpc) is 2.92. The highest BCUT2D eigenvalue weighted by atomic mass is 32.1. The van der Waals surface area contributed by atoms with E-state index in [1.807, 2.05) is 28.7 Å². The highest BCUT2D eigenvalue weighted by molar-refractivity contribution is 7.07. The lowest BCUT2D eigenvalue weighted by atomic mass is 9.96. The van der Waals surface area contributed by atoms with E-state index in [4.69, 9.17) is 4.74 Å². The van der Waals surface area contributed by atoms with E-state index < -0.39 is 0 Å². The van der Waals surface area contributed by atoms with Crippen LogP contribution in [0.4, 0.5) is 0 Å². The van der Waals surface area contributed by atoms with E-state index in [2.05, 4.69) is 0 Å². The zero-order chi connectivity index (χ0) is 13.7. The van der Waals surface area contributed by atoms with E-state index in [0.717, 1.165) is 5.56 Å². The van der Waals surface area contributed by atoms with Gasteiger partial charge in [0.2, 0.25) is 5.91 Å². The van der Waals surface area contributed by atoms with Gasteiger partial charge in [0.15, 0.2) is 0 Å². The van der Waals surface area contributed by atoms with E-state index in [-0.39, 0.29) is 17.8 Å². The molecule has 0 aromatic carbocycles. The fourth-order valence-electron chi connectivity index (χ4n) is 2.30. The Bertz CT molecular complexity index is 422. The Morgan fingerprint density at radius 1 is 1.42 bits per heavy atom. The van der Waals surface area contributed by atoms with E-state index >= 15 is 0 Å². The summed E-state index contributed by atoms with van der Waals surface area (Å²) in [6.07, 6.45) is 1.90. The van der Waals surface area contributed by atoms with Gasteiger partial charge >= 0.3 is 5.97 Å². The van der Waals surface area contributed by atoms with E-state index in [1.165, 1.54) is 0 Å². The number of nitrogens with zero attached hydrogens (tertiary/aromatic N) is 1. The molecule has 104 valence electrons. The zero-order valence-corrected chi connectivity index (χ0v) is 11.9. The van der Waals surface area contributed by atoms with Gasteiger partial charge in [-0.05, 0) is 42.2 Å². The molecule has 1 aliphatic rings. The minimum absolute atomic E-state index is 0.0369. The number of carbonyl (C=O) groups excluding carboxylic acids is 2. The van der Waals surface area contributed by atoms with E-state index in [1.54, 1.807) is 11.3 Å². The lowest BCUT2D eigenvalue weighted by Crippen LogP contribution is -2.41. The predicted molar refractivity (Wildman–Crippen MR) is 74.0 cm³/mol. The number of thiophene rings is 1. The molecule has 1 aliphatic heterocycles. The topological polar surface area (TPSA) is 46.6 Å². The molecule has 0 saturated carbocycles. The smallest absolute Gasteiger partial charge is 0.309 e. The molecule has 1 amide bonds. The maximum atomic E-state index is 12.1. The van der Waals surface area contributed by atoms with E-state index in [0.29, 0.717) is 39.0 Å². The van der Waals surface area contributed by atoms with Crippen LogP contribution in [0.2, 0.25) is 0 Å². The van der Waals surface area contributed by atoms with Gasteiger partial charge in [-0.15, -0.1) is 0 Å². The van der Waals surface area contributed by atoms with Crippen LogP contribution in [0.3, 0.4) is 0 Å². The first-order chi connectivity index (χ1) is 9.20. The van der Waals surface area contributed by atoms with Gasteiger partial charge in [-0.2, -0.15) is 11.3 Å². The van der Waals surface area contributed by atoms with Crippen LogP contribution in [0, 0.1) is 5.92 Å². The number of esters is 1. The van der Waals surface area contributed by atoms with Crippen LogP contribution in [0.25, 0.3) is 0 Å². The number of rotatable bonds is 4. The number of amides is 1. The first-order valence-corrected chi connectivity index (χ1v) is 7.60. The summed E-state index contributed by atoms with van der Waals surface area (Å²) in [5.41, 5.74) is 1.07. The van der Waals surface area contributed by atoms with Gasteiger partial charge in [-0.1, -0.05) is 0 Å². The molecule has 1 aromatic rings. The molecule has 0 radical (unpaired) electrons. The summed E-state index contributed by atoms with van der Waals surface area (Å²) in [7, 11) is 0. The Balaban J connectivity index is 1.79. The SMILES string of the molecule is CCOC(=O)C1CCN(C(=O)Cc2ccsc2)CC1. The Labute approximate surface area is 117 Å². The molecule has 1 fully saturated rings. The minimum Gasteiger partial charge on any atom is -0.466 e. The van der Waals surface area contributed by atoms with Crippen LogP contribution in [0.15, 0.2) is 16.8 Å². The second kappa shape index (κ2) is 6.70. The van der Waals surface area contributed by atoms with Crippen molar-refractivity contribution in [2.24, 2.45) is 5.92 Å². The number of hydrogen-bond donors (Lipinski definition) is 0. The summed E-state index contributed by atoms with van der Waals surface area (Å²) in [5.74, 6) is -0.00158. The number of carbonyl (C=O) groups is 2. The first kappa shape index (κ1) is 14.1. The summed E-state index contributed by atoms with van der Waals surface area (Å²) >= 11 is 1.61. The van der Waals surface area contributed by atoms with Crippen LogP contribution in [-0.2, 0) is 20.7 Å². The highest BCUT2D eigenvalue weighted by Crippen LogP contribution is 2.19. The first-order valence-electron chi connectivity index (χ1n) is 6.66. The summed E-state index contributed by atoms with van der Waals surface area (Å²) < 4.78 is 5.02. The van der Waals surface area contributed by atoms with Crippen molar-refractivity contribution < 1.29 is 14.3 Å². The predicted octanol–water partition coefficient (Wildman–Crippen LogP) is 2.09. The van der Waals surface area contributed by atoms with Gasteiger partial charge in [-0.3, -0.25) is 9.59 Å². The molecule has 0 unspecified atom stereocenters. The summed E-state index contributed by atoms with van der Waals surface area (Å²) in [6, 6.07) is 1.98. The molecule has 0 atom stereocenters. The zero-order valence-electron chi connectivity index (χ0n) is 11.1. The van der Waals surface area contributed by atoms with Gasteiger partial charge < -0.3 is 9.64 Å². The van der Waals surface area contributed by atoms with Crippen molar-refractivity contribution in [3.8, 4) is 0 Å². The monoisotopic (exact) mass is 281 g/mol. The van der Waals surface area contributed by atoms with Crippen LogP contribution in [0.5, 0.6) is 0 Å². The molecule has 1 saturated heterocycles. The van der Waals surface area contributed by atoms with Crippen molar-refractivity contribution >= 4 is 23.2 Å². The third kappa shape index (κ3) is 3.80. The van der Waals surface area contributed by atoms with Gasteiger partial charge in [0.25, 0.3) is 0 Å². The number of ether oxygens (including phenoxy) is 1. The molecule has 0 spiro atoms. The highest BCUT2D eigenvalue weighted by Gasteiger charge is 2.28. The van der Waals surface area contributed by atoms with Crippen molar-refractivity contribution in [1.82, 2.24) is 4.90 Å². The Morgan fingerprint density at radius 2 is 2.16 bits per heavy atom. The van der Waals surface area contributed by atoms with E-state index in [9.17, 15) is 9.59 Å². The molecule has 1 aromatic heterocycles. The third-order valence-electron chi connectivity index (χ3n) is 3.40. The van der Waals surface area contributed by atoms with Gasteiger partial charge in [0, 0.05) is 13.1 Å². The van der Waals surface area contributed by atoms with Crippen molar-refractivity contribution in [2.45, 2.75) is 26.2 Å². The molecule has 5 heteroatoms. The summed E-state index contributed by atoms with van der Waals surface area (Å²) in [4.78, 5) is 25.5. The number of hydrogen-bond acceptors (Lipinski definition) is 4. The van der Waals surface area contributed by atoms with Gasteiger partial charge in [0.1, 0.15) is 0 Å². The molecule has 0 N–H and O–H groups in total. The van der Waals surface area contributed by atoms with Crippen LogP contribution < -0.4 is 0 Å². The Morgan fingerprint density at radius 3 is 2.74 bits per heavy atom. The number of likely N-dealkylation sites (tertiary alicyclic amines) is 1. The summed E-state index contributed by atoms with van der Waals surface area (Å²) in [6.45, 7) is 3.56. The van der Waals surface area contributed by atoms with Gasteiger partial charge in [0.05, 0.1) is 18.9 Å². The van der Waals surface area contributed by atoms with Crippen molar-refractivity contribution in [3.63, 3.8) is 0 Å². The molecule has 2 rings (SSSR count).